The maximum Gasteiger partial charge on any atom is 0.315 e. The van der Waals surface area contributed by atoms with Crippen LogP contribution in [0.1, 0.15) is 20.3 Å². The first-order chi connectivity index (χ1) is 5.56. The Morgan fingerprint density at radius 1 is 1.50 bits per heavy atom. The fourth-order valence-corrected chi connectivity index (χ4v) is 0.748. The van der Waals surface area contributed by atoms with Gasteiger partial charge in [-0.25, -0.2) is 4.79 Å². The van der Waals surface area contributed by atoms with Crippen LogP contribution >= 0.6 is 0 Å². The van der Waals surface area contributed by atoms with Gasteiger partial charge in [0.2, 0.25) is 0 Å². The summed E-state index contributed by atoms with van der Waals surface area (Å²) >= 11 is 0. The van der Waals surface area contributed by atoms with Crippen molar-refractivity contribution in [2.24, 2.45) is 0 Å². The third-order valence-corrected chi connectivity index (χ3v) is 1.20. The molecule has 0 aliphatic carbocycles. The number of carboxylic acids is 1. The first kappa shape index (κ1) is 10.7. The van der Waals surface area contributed by atoms with Gasteiger partial charge < -0.3 is 15.7 Å². The molecule has 70 valence electrons. The standard InChI is InChI=1S/C7H14N2O3/c1-3-8-7(12)9-5(2)4-6(10)11/h5H,3-4H2,1-2H3,(H,10,11)(H2,8,9,12). The lowest BCUT2D eigenvalue weighted by molar-refractivity contribution is -0.137. The first-order valence-electron chi connectivity index (χ1n) is 3.82. The number of amides is 2. The molecule has 2 amide bonds. The lowest BCUT2D eigenvalue weighted by Crippen LogP contribution is -2.41. The van der Waals surface area contributed by atoms with Gasteiger partial charge in [-0.05, 0) is 13.8 Å². The second-order valence-corrected chi connectivity index (χ2v) is 2.50. The number of hydrogen-bond donors (Lipinski definition) is 3. The molecule has 0 bridgehead atoms. The molecule has 0 spiro atoms. The van der Waals surface area contributed by atoms with Crippen LogP contribution in [0.5, 0.6) is 0 Å². The van der Waals surface area contributed by atoms with Crippen LogP contribution in [0.2, 0.25) is 0 Å². The van der Waals surface area contributed by atoms with E-state index in [4.69, 9.17) is 5.11 Å². The number of carbonyl (C=O) groups excluding carboxylic acids is 1. The van der Waals surface area contributed by atoms with Crippen molar-refractivity contribution in [2.75, 3.05) is 6.54 Å². The fraction of sp³-hybridized carbons (Fsp3) is 0.714. The van der Waals surface area contributed by atoms with E-state index >= 15 is 0 Å². The molecular formula is C7H14N2O3. The lowest BCUT2D eigenvalue weighted by Gasteiger charge is -2.11. The van der Waals surface area contributed by atoms with Gasteiger partial charge in [-0.3, -0.25) is 4.79 Å². The van der Waals surface area contributed by atoms with Gasteiger partial charge in [0.05, 0.1) is 6.42 Å². The minimum Gasteiger partial charge on any atom is -0.481 e. The lowest BCUT2D eigenvalue weighted by atomic mass is 10.2. The van der Waals surface area contributed by atoms with Gasteiger partial charge in [0.25, 0.3) is 0 Å². The van der Waals surface area contributed by atoms with Crippen molar-refractivity contribution in [3.8, 4) is 0 Å². The number of aliphatic carboxylic acids is 1. The van der Waals surface area contributed by atoms with Crippen molar-refractivity contribution < 1.29 is 14.7 Å². The fourth-order valence-electron chi connectivity index (χ4n) is 0.748. The quantitative estimate of drug-likeness (QED) is 0.568. The minimum atomic E-state index is -0.917. The summed E-state index contributed by atoms with van der Waals surface area (Å²) in [4.78, 5) is 21.0. The molecule has 1 atom stereocenters. The Morgan fingerprint density at radius 3 is 2.50 bits per heavy atom. The zero-order valence-corrected chi connectivity index (χ0v) is 7.26. The molecule has 0 saturated heterocycles. The summed E-state index contributed by atoms with van der Waals surface area (Å²) in [6, 6.07) is -0.666. The normalized spacial score (nSPS) is 11.8. The molecule has 5 nitrogen and oxygen atoms in total. The maximum atomic E-state index is 10.8. The van der Waals surface area contributed by atoms with E-state index in [-0.39, 0.29) is 18.5 Å². The average molecular weight is 174 g/mol. The van der Waals surface area contributed by atoms with Crippen molar-refractivity contribution in [3.05, 3.63) is 0 Å². The third kappa shape index (κ3) is 5.52. The molecule has 0 radical (unpaired) electrons. The van der Waals surface area contributed by atoms with Crippen LogP contribution in [0.15, 0.2) is 0 Å². The van der Waals surface area contributed by atoms with Gasteiger partial charge >= 0.3 is 12.0 Å². The van der Waals surface area contributed by atoms with Gasteiger partial charge in [-0.2, -0.15) is 0 Å². The van der Waals surface area contributed by atoms with Crippen molar-refractivity contribution in [3.63, 3.8) is 0 Å². The smallest absolute Gasteiger partial charge is 0.315 e. The third-order valence-electron chi connectivity index (χ3n) is 1.20. The minimum absolute atomic E-state index is 0.0584. The molecular weight excluding hydrogens is 160 g/mol. The van der Waals surface area contributed by atoms with Crippen LogP contribution < -0.4 is 10.6 Å². The molecule has 0 fully saturated rings. The highest BCUT2D eigenvalue weighted by Gasteiger charge is 2.09. The second-order valence-electron chi connectivity index (χ2n) is 2.50. The number of urea groups is 1. The highest BCUT2D eigenvalue weighted by atomic mass is 16.4. The van der Waals surface area contributed by atoms with Crippen molar-refractivity contribution in [1.82, 2.24) is 10.6 Å². The van der Waals surface area contributed by atoms with Crippen LogP contribution in [0.4, 0.5) is 4.79 Å². The second kappa shape index (κ2) is 5.40. The van der Waals surface area contributed by atoms with Crippen LogP contribution in [0.3, 0.4) is 0 Å². The van der Waals surface area contributed by atoms with Gasteiger partial charge in [0.1, 0.15) is 0 Å². The van der Waals surface area contributed by atoms with E-state index in [0.29, 0.717) is 6.54 Å². The molecule has 1 unspecified atom stereocenters. The van der Waals surface area contributed by atoms with Gasteiger partial charge in [-0.15, -0.1) is 0 Å². The Bertz CT molecular complexity index is 170. The van der Waals surface area contributed by atoms with Crippen molar-refractivity contribution >= 4 is 12.0 Å². The molecule has 0 aliphatic heterocycles. The molecule has 0 aromatic carbocycles. The SMILES string of the molecule is CCNC(=O)NC(C)CC(=O)O. The molecule has 0 aromatic heterocycles. The number of nitrogens with one attached hydrogen (secondary N) is 2. The summed E-state index contributed by atoms with van der Waals surface area (Å²) in [5, 5.41) is 13.3. The maximum absolute atomic E-state index is 10.8. The monoisotopic (exact) mass is 174 g/mol. The molecule has 0 aliphatic rings. The van der Waals surface area contributed by atoms with E-state index in [9.17, 15) is 9.59 Å². The van der Waals surface area contributed by atoms with E-state index in [1.165, 1.54) is 0 Å². The molecule has 0 aromatic rings. The summed E-state index contributed by atoms with van der Waals surface area (Å²) < 4.78 is 0. The van der Waals surface area contributed by atoms with Crippen LogP contribution in [0.25, 0.3) is 0 Å². The van der Waals surface area contributed by atoms with Crippen molar-refractivity contribution in [2.45, 2.75) is 26.3 Å². The summed E-state index contributed by atoms with van der Waals surface area (Å²) in [5.74, 6) is -0.917. The predicted octanol–water partition coefficient (Wildman–Crippen LogP) is 0.169. The average Bonchev–Trinajstić information content (AvgIpc) is 1.84. The topological polar surface area (TPSA) is 78.4 Å². The van der Waals surface area contributed by atoms with Crippen LogP contribution in [0, 0.1) is 0 Å². The Labute approximate surface area is 71.1 Å². The number of carboxylic acid groups (broad SMARTS) is 1. The summed E-state index contributed by atoms with van der Waals surface area (Å²) in [7, 11) is 0. The van der Waals surface area contributed by atoms with E-state index in [1.54, 1.807) is 13.8 Å². The van der Waals surface area contributed by atoms with Crippen LogP contribution in [-0.2, 0) is 4.79 Å². The van der Waals surface area contributed by atoms with E-state index in [2.05, 4.69) is 10.6 Å². The molecule has 0 saturated carbocycles. The van der Waals surface area contributed by atoms with Crippen molar-refractivity contribution in [1.29, 1.82) is 0 Å². The molecule has 3 N–H and O–H groups in total. The van der Waals surface area contributed by atoms with Gasteiger partial charge in [0.15, 0.2) is 0 Å². The highest BCUT2D eigenvalue weighted by Crippen LogP contribution is 1.89. The zero-order valence-electron chi connectivity index (χ0n) is 7.26. The van der Waals surface area contributed by atoms with Gasteiger partial charge in [0, 0.05) is 12.6 Å². The summed E-state index contributed by atoms with van der Waals surface area (Å²) in [6.07, 6.45) is -0.0584. The zero-order chi connectivity index (χ0) is 9.56. The first-order valence-corrected chi connectivity index (χ1v) is 3.82. The summed E-state index contributed by atoms with van der Waals surface area (Å²) in [5.41, 5.74) is 0. The largest absolute Gasteiger partial charge is 0.481 e. The molecule has 0 rings (SSSR count). The van der Waals surface area contributed by atoms with Crippen LogP contribution in [-0.4, -0.2) is 29.7 Å². The van der Waals surface area contributed by atoms with E-state index < -0.39 is 5.97 Å². The Morgan fingerprint density at radius 2 is 2.08 bits per heavy atom. The number of rotatable bonds is 4. The summed E-state index contributed by atoms with van der Waals surface area (Å²) in [6.45, 7) is 3.97. The molecule has 0 heterocycles. The number of hydrogen-bond acceptors (Lipinski definition) is 2. The van der Waals surface area contributed by atoms with Gasteiger partial charge in [-0.1, -0.05) is 0 Å². The molecule has 12 heavy (non-hydrogen) atoms. The van der Waals surface area contributed by atoms with E-state index in [0.717, 1.165) is 0 Å². The van der Waals surface area contributed by atoms with E-state index in [1.807, 2.05) is 0 Å². The number of carbonyl (C=O) groups is 2. The predicted molar refractivity (Wildman–Crippen MR) is 43.9 cm³/mol. The molecule has 5 heteroatoms. The Hall–Kier alpha value is -1.26. The highest BCUT2D eigenvalue weighted by molar-refractivity contribution is 5.75. The Balaban J connectivity index is 3.61. The Kier molecular flexibility index (Phi) is 4.83.